The van der Waals surface area contributed by atoms with Gasteiger partial charge in [-0.15, -0.1) is 0 Å². The Hall–Kier alpha value is -2.67. The summed E-state index contributed by atoms with van der Waals surface area (Å²) in [5.74, 6) is -0.504. The number of carbonyl (C=O) groups excluding carboxylic acids is 1. The molecule has 1 amide bonds. The highest BCUT2D eigenvalue weighted by molar-refractivity contribution is 6.30. The first-order valence-electron chi connectivity index (χ1n) is 8.59. The van der Waals surface area contributed by atoms with Crippen molar-refractivity contribution in [2.75, 3.05) is 11.9 Å². The first kappa shape index (κ1) is 16.5. The van der Waals surface area contributed by atoms with Gasteiger partial charge in [0.25, 0.3) is 11.9 Å². The van der Waals surface area contributed by atoms with Crippen molar-refractivity contribution in [3.05, 3.63) is 58.1 Å². The lowest BCUT2D eigenvalue weighted by Crippen LogP contribution is -2.35. The van der Waals surface area contributed by atoms with Crippen molar-refractivity contribution in [2.24, 2.45) is 22.1 Å². The number of benzene rings is 1. The lowest BCUT2D eigenvalue weighted by molar-refractivity contribution is 0.102. The monoisotopic (exact) mass is 386 g/mol. The first-order valence-corrected chi connectivity index (χ1v) is 8.97. The van der Waals surface area contributed by atoms with Gasteiger partial charge in [-0.1, -0.05) is 11.6 Å². The van der Waals surface area contributed by atoms with Crippen molar-refractivity contribution in [3.63, 3.8) is 0 Å². The van der Waals surface area contributed by atoms with E-state index in [0.717, 1.165) is 6.42 Å². The Morgan fingerprint density at radius 3 is 3.00 bits per heavy atom. The number of halogens is 2. The molecule has 6 nitrogen and oxygen atoms in total. The van der Waals surface area contributed by atoms with Gasteiger partial charge in [0.15, 0.2) is 0 Å². The second-order valence-electron chi connectivity index (χ2n) is 7.39. The van der Waals surface area contributed by atoms with Crippen molar-refractivity contribution in [2.45, 2.75) is 18.9 Å². The van der Waals surface area contributed by atoms with Crippen molar-refractivity contribution >= 4 is 29.2 Å². The maximum absolute atomic E-state index is 14.6. The molecule has 8 heteroatoms. The number of pyridine rings is 1. The Labute approximate surface area is 159 Å². The molecule has 2 heterocycles. The lowest BCUT2D eigenvalue weighted by atomic mass is 9.88. The highest BCUT2D eigenvalue weighted by Gasteiger charge is 2.92. The molecular formula is C19H16ClFN4O2. The van der Waals surface area contributed by atoms with E-state index in [2.05, 4.69) is 15.3 Å². The first-order chi connectivity index (χ1) is 12.9. The average molecular weight is 387 g/mol. The molecular weight excluding hydrogens is 371 g/mol. The highest BCUT2D eigenvalue weighted by Crippen LogP contribution is 2.89. The van der Waals surface area contributed by atoms with E-state index in [0.29, 0.717) is 28.4 Å². The van der Waals surface area contributed by atoms with Crippen LogP contribution in [0.5, 0.6) is 0 Å². The fraction of sp³-hybridized carbons (Fsp3) is 0.316. The summed E-state index contributed by atoms with van der Waals surface area (Å²) < 4.78 is 20.0. The van der Waals surface area contributed by atoms with Crippen molar-refractivity contribution in [1.82, 2.24) is 4.98 Å². The van der Waals surface area contributed by atoms with Crippen LogP contribution in [-0.2, 0) is 10.3 Å². The quantitative estimate of drug-likeness (QED) is 0.848. The second-order valence-corrected chi connectivity index (χ2v) is 7.82. The predicted octanol–water partition coefficient (Wildman–Crippen LogP) is 2.99. The van der Waals surface area contributed by atoms with Crippen LogP contribution in [0.1, 0.15) is 28.0 Å². The number of nitrogens with zero attached hydrogens (tertiary/aromatic N) is 2. The molecule has 2 saturated carbocycles. The van der Waals surface area contributed by atoms with E-state index in [9.17, 15) is 9.18 Å². The van der Waals surface area contributed by atoms with Gasteiger partial charge < -0.3 is 15.8 Å². The molecule has 3 N–H and O–H groups in total. The molecule has 2 aromatic rings. The second kappa shape index (κ2) is 5.19. The van der Waals surface area contributed by atoms with Crippen molar-refractivity contribution in [1.29, 1.82) is 0 Å². The summed E-state index contributed by atoms with van der Waals surface area (Å²) in [5.41, 5.74) is 6.79. The van der Waals surface area contributed by atoms with Crippen LogP contribution >= 0.6 is 11.6 Å². The van der Waals surface area contributed by atoms with Crippen LogP contribution in [0.4, 0.5) is 10.1 Å². The van der Waals surface area contributed by atoms with Gasteiger partial charge in [0.2, 0.25) is 0 Å². The van der Waals surface area contributed by atoms with E-state index in [1.54, 1.807) is 19.1 Å². The zero-order valence-corrected chi connectivity index (χ0v) is 15.2. The molecule has 1 aromatic heterocycles. The Balaban J connectivity index is 1.47. The Morgan fingerprint density at radius 1 is 1.44 bits per heavy atom. The molecule has 3 atom stereocenters. The Morgan fingerprint density at radius 2 is 2.26 bits per heavy atom. The number of nitrogens with two attached hydrogens (primary N) is 1. The van der Waals surface area contributed by atoms with Gasteiger partial charge in [-0.2, -0.15) is 0 Å². The number of aromatic nitrogens is 1. The molecule has 27 heavy (non-hydrogen) atoms. The largest absolute Gasteiger partial charge is 0.465 e. The fourth-order valence-electron chi connectivity index (χ4n) is 4.39. The highest BCUT2D eigenvalue weighted by atomic mass is 35.5. The number of nitrogens with one attached hydrogen (secondary N) is 1. The van der Waals surface area contributed by atoms with Crippen LogP contribution in [0.3, 0.4) is 0 Å². The summed E-state index contributed by atoms with van der Waals surface area (Å²) in [7, 11) is 0. The number of ether oxygens (including phenoxy) is 1. The zero-order chi connectivity index (χ0) is 19.0. The van der Waals surface area contributed by atoms with Gasteiger partial charge in [-0.3, -0.25) is 4.79 Å². The minimum atomic E-state index is -0.658. The van der Waals surface area contributed by atoms with Crippen LogP contribution in [0, 0.1) is 24.1 Å². The third-order valence-corrected chi connectivity index (χ3v) is 6.12. The number of hydrogen-bond acceptors (Lipinski definition) is 5. The summed E-state index contributed by atoms with van der Waals surface area (Å²) in [6, 6.07) is 6.25. The summed E-state index contributed by atoms with van der Waals surface area (Å²) >= 11 is 5.89. The molecule has 0 saturated heterocycles. The topological polar surface area (TPSA) is 89.6 Å². The van der Waals surface area contributed by atoms with Crippen LogP contribution in [-0.4, -0.2) is 23.5 Å². The SMILES string of the molecule is Cc1cc(Cl)cnc1C(=O)Nc1ccc(F)c([C@@]23N=C(N)OCC24CC43)c1. The average Bonchev–Trinajstić information content (AvgIpc) is 3.48. The van der Waals surface area contributed by atoms with Crippen molar-refractivity contribution < 1.29 is 13.9 Å². The number of amidine groups is 1. The minimum Gasteiger partial charge on any atom is -0.465 e. The molecule has 2 aliphatic carbocycles. The molecule has 0 bridgehead atoms. The van der Waals surface area contributed by atoms with Gasteiger partial charge in [-0.05, 0) is 43.2 Å². The van der Waals surface area contributed by atoms with Gasteiger partial charge in [-0.25, -0.2) is 14.4 Å². The summed E-state index contributed by atoms with van der Waals surface area (Å²) in [5, 5.41) is 3.24. The van der Waals surface area contributed by atoms with E-state index in [1.807, 2.05) is 0 Å². The molecule has 2 unspecified atom stereocenters. The van der Waals surface area contributed by atoms with Gasteiger partial charge >= 0.3 is 0 Å². The molecule has 1 aromatic carbocycles. The Bertz CT molecular complexity index is 1040. The summed E-state index contributed by atoms with van der Waals surface area (Å²) in [4.78, 5) is 21.1. The van der Waals surface area contributed by atoms with Crippen LogP contribution < -0.4 is 11.1 Å². The number of aryl methyl sites for hydroxylation is 1. The van der Waals surface area contributed by atoms with Gasteiger partial charge in [0.05, 0.1) is 5.02 Å². The van der Waals surface area contributed by atoms with E-state index in [-0.39, 0.29) is 34.8 Å². The van der Waals surface area contributed by atoms with E-state index >= 15 is 0 Å². The minimum absolute atomic E-state index is 0.0858. The number of aliphatic imine (C=N–C) groups is 1. The summed E-state index contributed by atoms with van der Waals surface area (Å²) in [6.07, 6.45) is 2.37. The number of hydrogen-bond donors (Lipinski definition) is 2. The number of anilines is 1. The molecule has 0 radical (unpaired) electrons. The van der Waals surface area contributed by atoms with Gasteiger partial charge in [0.1, 0.15) is 23.7 Å². The number of fused-ring (bicyclic) bond motifs is 1. The third-order valence-electron chi connectivity index (χ3n) is 5.91. The van der Waals surface area contributed by atoms with E-state index in [4.69, 9.17) is 22.1 Å². The predicted molar refractivity (Wildman–Crippen MR) is 98.1 cm³/mol. The maximum atomic E-state index is 14.6. The zero-order valence-electron chi connectivity index (χ0n) is 14.4. The molecule has 2 fully saturated rings. The van der Waals surface area contributed by atoms with Crippen LogP contribution in [0.15, 0.2) is 35.5 Å². The smallest absolute Gasteiger partial charge is 0.282 e. The van der Waals surface area contributed by atoms with Gasteiger partial charge in [0, 0.05) is 28.8 Å². The fourth-order valence-corrected chi connectivity index (χ4v) is 4.60. The lowest BCUT2D eigenvalue weighted by Gasteiger charge is -2.29. The number of rotatable bonds is 3. The normalized spacial score (nSPS) is 29.7. The third kappa shape index (κ3) is 2.15. The molecule has 3 aliphatic rings. The van der Waals surface area contributed by atoms with Crippen molar-refractivity contribution in [3.8, 4) is 0 Å². The number of carbonyl (C=O) groups is 1. The number of amides is 1. The molecule has 138 valence electrons. The molecule has 1 spiro atoms. The van der Waals surface area contributed by atoms with E-state index in [1.165, 1.54) is 18.3 Å². The van der Waals surface area contributed by atoms with E-state index < -0.39 is 5.54 Å². The molecule has 1 aliphatic heterocycles. The van der Waals surface area contributed by atoms with Crippen LogP contribution in [0.25, 0.3) is 0 Å². The summed E-state index contributed by atoms with van der Waals surface area (Å²) in [6.45, 7) is 2.21. The van der Waals surface area contributed by atoms with Crippen LogP contribution in [0.2, 0.25) is 5.02 Å². The standard InChI is InChI=1S/C19H16ClFN4O2/c1-9-4-10(20)7-23-15(9)16(26)24-11-2-3-13(21)12(5-11)19-14-6-18(14,19)8-27-17(22)25-19/h2-5,7,14H,6,8H2,1H3,(H2,22,25)(H,24,26)/t14?,18?,19-/m0/s1. The molecule has 5 rings (SSSR count). The maximum Gasteiger partial charge on any atom is 0.282 e. The Kier molecular flexibility index (Phi) is 3.17.